The Hall–Kier alpha value is -3.59. The van der Waals surface area contributed by atoms with Gasteiger partial charge in [-0.1, -0.05) is 17.7 Å². The minimum absolute atomic E-state index is 0.0249. The van der Waals surface area contributed by atoms with Gasteiger partial charge in [-0.3, -0.25) is 9.10 Å². The van der Waals surface area contributed by atoms with E-state index in [2.05, 4.69) is 5.32 Å². The summed E-state index contributed by atoms with van der Waals surface area (Å²) in [7, 11) is -2.63. The Kier molecular flexibility index (Phi) is 7.89. The van der Waals surface area contributed by atoms with Crippen molar-refractivity contribution in [3.05, 3.63) is 84.2 Å². The summed E-state index contributed by atoms with van der Waals surface area (Å²) in [5.74, 6) is 0.126. The minimum atomic E-state index is -4.10. The van der Waals surface area contributed by atoms with Crippen molar-refractivity contribution in [3.8, 4) is 11.5 Å². The number of benzene rings is 3. The molecule has 0 bridgehead atoms. The summed E-state index contributed by atoms with van der Waals surface area (Å²) in [5.41, 5.74) is 1.27. The summed E-state index contributed by atoms with van der Waals surface area (Å²) in [6, 6.07) is 18.2. The van der Waals surface area contributed by atoms with Crippen LogP contribution >= 0.6 is 0 Å². The fourth-order valence-electron chi connectivity index (χ4n) is 2.98. The molecule has 0 aliphatic rings. The molecular weight excluding hydrogens is 447 g/mol. The zero-order valence-corrected chi connectivity index (χ0v) is 19.1. The van der Waals surface area contributed by atoms with Gasteiger partial charge in [-0.15, -0.1) is 0 Å². The van der Waals surface area contributed by atoms with Crippen LogP contribution in [0.2, 0.25) is 0 Å². The molecule has 9 heteroatoms. The lowest BCUT2D eigenvalue weighted by atomic mass is 10.2. The van der Waals surface area contributed by atoms with Gasteiger partial charge in [0.25, 0.3) is 10.0 Å². The van der Waals surface area contributed by atoms with Gasteiger partial charge < -0.3 is 14.8 Å². The van der Waals surface area contributed by atoms with Crippen LogP contribution in [-0.4, -0.2) is 41.1 Å². The summed E-state index contributed by atoms with van der Waals surface area (Å²) < 4.78 is 51.6. The van der Waals surface area contributed by atoms with Gasteiger partial charge >= 0.3 is 0 Å². The maximum absolute atomic E-state index is 13.4. The van der Waals surface area contributed by atoms with Crippen molar-refractivity contribution in [1.29, 1.82) is 0 Å². The van der Waals surface area contributed by atoms with E-state index in [4.69, 9.17) is 9.47 Å². The SMILES string of the molecule is COc1ccc(S(=O)(=O)N(CC(=O)NCCOc2ccc(C)cc2)c2ccc(F)cc2)cc1. The average Bonchev–Trinajstić information content (AvgIpc) is 2.82. The van der Waals surface area contributed by atoms with E-state index >= 15 is 0 Å². The fourth-order valence-corrected chi connectivity index (χ4v) is 4.40. The zero-order chi connectivity index (χ0) is 23.8. The first kappa shape index (κ1) is 24.1. The quantitative estimate of drug-likeness (QED) is 0.457. The van der Waals surface area contributed by atoms with E-state index in [1.54, 1.807) is 0 Å². The number of amides is 1. The van der Waals surface area contributed by atoms with E-state index in [9.17, 15) is 17.6 Å². The Labute approximate surface area is 192 Å². The van der Waals surface area contributed by atoms with E-state index in [1.165, 1.54) is 43.5 Å². The second kappa shape index (κ2) is 10.8. The van der Waals surface area contributed by atoms with Gasteiger partial charge in [0.2, 0.25) is 5.91 Å². The second-order valence-corrected chi connectivity index (χ2v) is 9.04. The van der Waals surface area contributed by atoms with Crippen LogP contribution in [0.1, 0.15) is 5.56 Å². The lowest BCUT2D eigenvalue weighted by molar-refractivity contribution is -0.119. The Balaban J connectivity index is 1.70. The third-order valence-electron chi connectivity index (χ3n) is 4.76. The molecule has 0 aliphatic carbocycles. The third kappa shape index (κ3) is 6.45. The predicted octanol–water partition coefficient (Wildman–Crippen LogP) is 3.53. The first-order valence-corrected chi connectivity index (χ1v) is 11.6. The van der Waals surface area contributed by atoms with Crippen molar-refractivity contribution < 1.29 is 27.1 Å². The second-order valence-electron chi connectivity index (χ2n) is 7.18. The molecule has 3 aromatic rings. The summed E-state index contributed by atoms with van der Waals surface area (Å²) in [4.78, 5) is 12.5. The van der Waals surface area contributed by atoms with Crippen LogP contribution in [0.4, 0.5) is 10.1 Å². The molecule has 1 amide bonds. The van der Waals surface area contributed by atoms with Crippen molar-refractivity contribution in [3.63, 3.8) is 0 Å². The van der Waals surface area contributed by atoms with E-state index in [-0.39, 0.29) is 23.7 Å². The minimum Gasteiger partial charge on any atom is -0.497 e. The molecule has 0 spiro atoms. The van der Waals surface area contributed by atoms with Gasteiger partial charge in [0.1, 0.15) is 30.5 Å². The van der Waals surface area contributed by atoms with Crippen LogP contribution in [0.15, 0.2) is 77.7 Å². The smallest absolute Gasteiger partial charge is 0.264 e. The van der Waals surface area contributed by atoms with Crippen LogP contribution < -0.4 is 19.1 Å². The Morgan fingerprint density at radius 3 is 2.15 bits per heavy atom. The zero-order valence-electron chi connectivity index (χ0n) is 18.3. The number of rotatable bonds is 10. The molecule has 0 saturated heterocycles. The van der Waals surface area contributed by atoms with Gasteiger partial charge in [-0.25, -0.2) is 12.8 Å². The van der Waals surface area contributed by atoms with Crippen molar-refractivity contribution in [2.24, 2.45) is 0 Å². The Morgan fingerprint density at radius 1 is 0.939 bits per heavy atom. The summed E-state index contributed by atoms with van der Waals surface area (Å²) in [6.07, 6.45) is 0. The molecular formula is C24H25FN2O5S. The molecule has 0 aromatic heterocycles. The largest absolute Gasteiger partial charge is 0.497 e. The van der Waals surface area contributed by atoms with Crippen molar-refractivity contribution in [2.75, 3.05) is 31.1 Å². The summed E-state index contributed by atoms with van der Waals surface area (Å²) >= 11 is 0. The van der Waals surface area contributed by atoms with Crippen LogP contribution in [0, 0.1) is 12.7 Å². The highest BCUT2D eigenvalue weighted by Gasteiger charge is 2.27. The molecule has 1 N–H and O–H groups in total. The molecule has 0 radical (unpaired) electrons. The molecule has 0 unspecified atom stereocenters. The monoisotopic (exact) mass is 472 g/mol. The van der Waals surface area contributed by atoms with Gasteiger partial charge in [-0.2, -0.15) is 0 Å². The van der Waals surface area contributed by atoms with Crippen LogP contribution in [0.5, 0.6) is 11.5 Å². The molecule has 0 heterocycles. The summed E-state index contributed by atoms with van der Waals surface area (Å²) in [6.45, 7) is 1.89. The number of ether oxygens (including phenoxy) is 2. The molecule has 33 heavy (non-hydrogen) atoms. The number of nitrogens with one attached hydrogen (secondary N) is 1. The Bertz CT molecular complexity index is 1160. The van der Waals surface area contributed by atoms with E-state index in [0.29, 0.717) is 11.5 Å². The number of methoxy groups -OCH3 is 1. The highest BCUT2D eigenvalue weighted by atomic mass is 32.2. The number of carbonyl (C=O) groups excluding carboxylic acids is 1. The van der Waals surface area contributed by atoms with Crippen molar-refractivity contribution in [2.45, 2.75) is 11.8 Å². The number of halogens is 1. The molecule has 0 saturated carbocycles. The lowest BCUT2D eigenvalue weighted by Gasteiger charge is -2.24. The van der Waals surface area contributed by atoms with E-state index < -0.39 is 28.3 Å². The Morgan fingerprint density at radius 2 is 1.55 bits per heavy atom. The van der Waals surface area contributed by atoms with Gasteiger partial charge in [0.15, 0.2) is 0 Å². The molecule has 7 nitrogen and oxygen atoms in total. The fraction of sp³-hybridized carbons (Fsp3) is 0.208. The summed E-state index contributed by atoms with van der Waals surface area (Å²) in [5, 5.41) is 2.65. The van der Waals surface area contributed by atoms with Crippen LogP contribution in [0.3, 0.4) is 0 Å². The standard InChI is InChI=1S/C24H25FN2O5S/c1-18-3-9-22(10-4-18)32-16-15-26-24(28)17-27(20-7-5-19(25)6-8-20)33(29,30)23-13-11-21(31-2)12-14-23/h3-14H,15-17H2,1-2H3,(H,26,28). The predicted molar refractivity (Wildman–Crippen MR) is 124 cm³/mol. The number of hydrogen-bond donors (Lipinski definition) is 1. The third-order valence-corrected chi connectivity index (χ3v) is 6.55. The molecule has 3 aromatic carbocycles. The van der Waals surface area contributed by atoms with E-state index in [0.717, 1.165) is 22.0 Å². The highest BCUT2D eigenvalue weighted by Crippen LogP contribution is 2.25. The molecule has 174 valence electrons. The molecule has 0 fully saturated rings. The number of carbonyl (C=O) groups is 1. The van der Waals surface area contributed by atoms with Crippen molar-refractivity contribution in [1.82, 2.24) is 5.32 Å². The maximum Gasteiger partial charge on any atom is 0.264 e. The molecule has 0 aliphatic heterocycles. The number of sulfonamides is 1. The number of anilines is 1. The molecule has 3 rings (SSSR count). The van der Waals surface area contributed by atoms with Crippen molar-refractivity contribution >= 4 is 21.6 Å². The normalized spacial score (nSPS) is 11.0. The van der Waals surface area contributed by atoms with E-state index in [1.807, 2.05) is 31.2 Å². The average molecular weight is 473 g/mol. The van der Waals surface area contributed by atoms with Gasteiger partial charge in [0, 0.05) is 0 Å². The van der Waals surface area contributed by atoms with Crippen LogP contribution in [0.25, 0.3) is 0 Å². The lowest BCUT2D eigenvalue weighted by Crippen LogP contribution is -2.41. The number of aryl methyl sites for hydroxylation is 1. The van der Waals surface area contributed by atoms with Gasteiger partial charge in [-0.05, 0) is 67.6 Å². The van der Waals surface area contributed by atoms with Gasteiger partial charge in [0.05, 0.1) is 24.2 Å². The highest BCUT2D eigenvalue weighted by molar-refractivity contribution is 7.92. The molecule has 0 atom stereocenters. The first-order valence-electron chi connectivity index (χ1n) is 10.2. The maximum atomic E-state index is 13.4. The number of nitrogens with zero attached hydrogens (tertiary/aromatic N) is 1. The first-order chi connectivity index (χ1) is 15.8. The van der Waals surface area contributed by atoms with Crippen LogP contribution in [-0.2, 0) is 14.8 Å². The topological polar surface area (TPSA) is 84.9 Å². The number of hydrogen-bond acceptors (Lipinski definition) is 5.